The molecule has 1 aromatic rings. The molecule has 0 heterocycles. The highest BCUT2D eigenvalue weighted by Gasteiger charge is 2.30. The molecule has 0 aromatic heterocycles. The molecule has 7 nitrogen and oxygen atoms in total. The average molecular weight is 337 g/mol. The molecular weight excluding hydrogens is 314 g/mol. The molecule has 0 spiro atoms. The Kier molecular flexibility index (Phi) is 6.34. The van der Waals surface area contributed by atoms with Crippen LogP contribution in [0.1, 0.15) is 33.3 Å². The number of rotatable bonds is 5. The zero-order valence-corrected chi connectivity index (χ0v) is 14.5. The van der Waals surface area contributed by atoms with Crippen molar-refractivity contribution in [2.45, 2.75) is 45.8 Å². The van der Waals surface area contributed by atoms with Crippen LogP contribution < -0.4 is 4.74 Å². The van der Waals surface area contributed by atoms with Crippen LogP contribution in [-0.2, 0) is 20.7 Å². The van der Waals surface area contributed by atoms with E-state index in [2.05, 4.69) is 0 Å². The summed E-state index contributed by atoms with van der Waals surface area (Å²) in [7, 11) is 1.39. The minimum absolute atomic E-state index is 0.103. The molecule has 0 bridgehead atoms. The molecule has 1 rings (SSSR count). The Morgan fingerprint density at radius 2 is 1.71 bits per heavy atom. The summed E-state index contributed by atoms with van der Waals surface area (Å²) in [4.78, 5) is 35.5. The smallest absolute Gasteiger partial charge is 0.410 e. The molecule has 1 aromatic carbocycles. The first-order chi connectivity index (χ1) is 11.0. The van der Waals surface area contributed by atoms with Crippen LogP contribution in [0.15, 0.2) is 24.3 Å². The number of esters is 1. The third-order valence-corrected chi connectivity index (χ3v) is 3.05. The molecule has 132 valence electrons. The predicted molar refractivity (Wildman–Crippen MR) is 86.9 cm³/mol. The van der Waals surface area contributed by atoms with Gasteiger partial charge in [0, 0.05) is 20.4 Å². The Bertz CT molecular complexity index is 603. The second-order valence-corrected chi connectivity index (χ2v) is 6.39. The van der Waals surface area contributed by atoms with Gasteiger partial charge < -0.3 is 14.6 Å². The van der Waals surface area contributed by atoms with Crippen molar-refractivity contribution >= 4 is 18.0 Å². The molecule has 0 saturated carbocycles. The number of carbonyl (C=O) groups excluding carboxylic acids is 2. The lowest BCUT2D eigenvalue weighted by Gasteiger charge is -2.28. The lowest BCUT2D eigenvalue weighted by molar-refractivity contribution is -0.142. The van der Waals surface area contributed by atoms with Crippen molar-refractivity contribution < 1.29 is 29.0 Å². The van der Waals surface area contributed by atoms with Gasteiger partial charge in [-0.05, 0) is 38.5 Å². The highest BCUT2D eigenvalue weighted by molar-refractivity contribution is 5.80. The standard InChI is InChI=1S/C17H23NO6/c1-11(19)23-13-8-6-12(7-9-13)10-14(15(20)21)18(5)16(22)24-17(2,3)4/h6-9,14H,10H2,1-5H3,(H,20,21)/t14-/m0/s1. The van der Waals surface area contributed by atoms with E-state index >= 15 is 0 Å². The number of carboxylic acid groups (broad SMARTS) is 1. The van der Waals surface area contributed by atoms with Crippen molar-refractivity contribution in [1.82, 2.24) is 4.90 Å². The number of amides is 1. The van der Waals surface area contributed by atoms with Gasteiger partial charge in [0.1, 0.15) is 17.4 Å². The molecule has 1 amide bonds. The first-order valence-electron chi connectivity index (χ1n) is 7.45. The van der Waals surface area contributed by atoms with Gasteiger partial charge in [-0.1, -0.05) is 12.1 Å². The summed E-state index contributed by atoms with van der Waals surface area (Å²) in [5.41, 5.74) is -0.0196. The summed E-state index contributed by atoms with van der Waals surface area (Å²) in [6, 6.07) is 5.37. The minimum atomic E-state index is -1.13. The summed E-state index contributed by atoms with van der Waals surface area (Å²) < 4.78 is 10.1. The van der Waals surface area contributed by atoms with Crippen molar-refractivity contribution in [3.63, 3.8) is 0 Å². The van der Waals surface area contributed by atoms with E-state index in [4.69, 9.17) is 9.47 Å². The van der Waals surface area contributed by atoms with E-state index in [9.17, 15) is 19.5 Å². The minimum Gasteiger partial charge on any atom is -0.480 e. The van der Waals surface area contributed by atoms with Gasteiger partial charge in [0.15, 0.2) is 0 Å². The van der Waals surface area contributed by atoms with Crippen molar-refractivity contribution in [3.05, 3.63) is 29.8 Å². The molecule has 24 heavy (non-hydrogen) atoms. The van der Waals surface area contributed by atoms with E-state index in [1.807, 2.05) is 0 Å². The van der Waals surface area contributed by atoms with Gasteiger partial charge >= 0.3 is 18.0 Å². The van der Waals surface area contributed by atoms with Gasteiger partial charge in [-0.2, -0.15) is 0 Å². The average Bonchev–Trinajstić information content (AvgIpc) is 2.43. The van der Waals surface area contributed by atoms with Crippen LogP contribution in [-0.4, -0.2) is 46.7 Å². The second-order valence-electron chi connectivity index (χ2n) is 6.39. The van der Waals surface area contributed by atoms with E-state index < -0.39 is 29.7 Å². The van der Waals surface area contributed by atoms with Gasteiger partial charge in [0.05, 0.1) is 0 Å². The molecule has 0 fully saturated rings. The van der Waals surface area contributed by atoms with Crippen LogP contribution in [0.25, 0.3) is 0 Å². The molecule has 0 radical (unpaired) electrons. The number of likely N-dealkylation sites (N-methyl/N-ethyl adjacent to an activating group) is 1. The summed E-state index contributed by atoms with van der Waals surface area (Å²) in [6.45, 7) is 6.43. The number of benzene rings is 1. The highest BCUT2D eigenvalue weighted by Crippen LogP contribution is 2.17. The first-order valence-corrected chi connectivity index (χ1v) is 7.45. The zero-order chi connectivity index (χ0) is 18.5. The van der Waals surface area contributed by atoms with E-state index in [1.54, 1.807) is 45.0 Å². The SMILES string of the molecule is CC(=O)Oc1ccc(C[C@@H](C(=O)O)N(C)C(=O)OC(C)(C)C)cc1. The van der Waals surface area contributed by atoms with Crippen LogP contribution in [0.3, 0.4) is 0 Å². The quantitative estimate of drug-likeness (QED) is 0.655. The van der Waals surface area contributed by atoms with E-state index in [-0.39, 0.29) is 6.42 Å². The number of ether oxygens (including phenoxy) is 2. The maximum Gasteiger partial charge on any atom is 0.410 e. The van der Waals surface area contributed by atoms with Crippen molar-refractivity contribution in [3.8, 4) is 5.75 Å². The predicted octanol–water partition coefficient (Wildman–Crippen LogP) is 2.47. The van der Waals surface area contributed by atoms with Crippen LogP contribution in [0.4, 0.5) is 4.79 Å². The molecule has 1 N–H and O–H groups in total. The Balaban J connectivity index is 2.84. The Hall–Kier alpha value is -2.57. The zero-order valence-electron chi connectivity index (χ0n) is 14.5. The van der Waals surface area contributed by atoms with Crippen molar-refractivity contribution in [2.24, 2.45) is 0 Å². The fourth-order valence-corrected chi connectivity index (χ4v) is 1.93. The highest BCUT2D eigenvalue weighted by atomic mass is 16.6. The lowest BCUT2D eigenvalue weighted by atomic mass is 10.1. The van der Waals surface area contributed by atoms with Gasteiger partial charge in [-0.3, -0.25) is 9.69 Å². The van der Waals surface area contributed by atoms with Gasteiger partial charge in [-0.15, -0.1) is 0 Å². The number of hydrogen-bond donors (Lipinski definition) is 1. The fraction of sp³-hybridized carbons (Fsp3) is 0.471. The maximum absolute atomic E-state index is 12.1. The number of aliphatic carboxylic acids is 1. The van der Waals surface area contributed by atoms with E-state index in [1.165, 1.54) is 14.0 Å². The molecule has 0 aliphatic rings. The lowest BCUT2D eigenvalue weighted by Crippen LogP contribution is -2.46. The topological polar surface area (TPSA) is 93.1 Å². The summed E-state index contributed by atoms with van der Waals surface area (Å²) in [5.74, 6) is -1.19. The first kappa shape index (κ1) is 19.5. The number of carboxylic acids is 1. The van der Waals surface area contributed by atoms with Crippen LogP contribution >= 0.6 is 0 Å². The maximum atomic E-state index is 12.1. The van der Waals surface area contributed by atoms with Crippen LogP contribution in [0, 0.1) is 0 Å². The third kappa shape index (κ3) is 6.28. The third-order valence-electron chi connectivity index (χ3n) is 3.05. The number of hydrogen-bond acceptors (Lipinski definition) is 5. The van der Waals surface area contributed by atoms with Gasteiger partial charge in [0.2, 0.25) is 0 Å². The van der Waals surface area contributed by atoms with Gasteiger partial charge in [0.25, 0.3) is 0 Å². The van der Waals surface area contributed by atoms with Gasteiger partial charge in [-0.25, -0.2) is 9.59 Å². The van der Waals surface area contributed by atoms with Crippen LogP contribution in [0.5, 0.6) is 5.75 Å². The Labute approximate surface area is 141 Å². The summed E-state index contributed by atoms with van der Waals surface area (Å²) in [6.07, 6.45) is -0.600. The fourth-order valence-electron chi connectivity index (χ4n) is 1.93. The second kappa shape index (κ2) is 7.81. The molecule has 0 aliphatic carbocycles. The molecule has 0 saturated heterocycles. The van der Waals surface area contributed by atoms with E-state index in [0.717, 1.165) is 4.90 Å². The molecular formula is C17H23NO6. The molecule has 0 unspecified atom stereocenters. The summed E-state index contributed by atoms with van der Waals surface area (Å²) >= 11 is 0. The van der Waals surface area contributed by atoms with Crippen LogP contribution in [0.2, 0.25) is 0 Å². The molecule has 0 aliphatic heterocycles. The molecule has 7 heteroatoms. The van der Waals surface area contributed by atoms with E-state index in [0.29, 0.717) is 11.3 Å². The van der Waals surface area contributed by atoms with Crippen molar-refractivity contribution in [1.29, 1.82) is 0 Å². The number of nitrogens with zero attached hydrogens (tertiary/aromatic N) is 1. The number of carbonyl (C=O) groups is 3. The monoisotopic (exact) mass is 337 g/mol. The largest absolute Gasteiger partial charge is 0.480 e. The molecule has 1 atom stereocenters. The Morgan fingerprint density at radius 1 is 1.17 bits per heavy atom. The normalized spacial score (nSPS) is 12.2. The Morgan fingerprint density at radius 3 is 2.12 bits per heavy atom. The summed E-state index contributed by atoms with van der Waals surface area (Å²) in [5, 5.41) is 9.41. The van der Waals surface area contributed by atoms with Crippen molar-refractivity contribution in [2.75, 3.05) is 7.05 Å².